The van der Waals surface area contributed by atoms with Gasteiger partial charge in [-0.2, -0.15) is 0 Å². The van der Waals surface area contributed by atoms with Gasteiger partial charge in [0.1, 0.15) is 5.75 Å². The molecule has 154 valence electrons. The molecular weight excluding hydrogens is 390 g/mol. The minimum absolute atomic E-state index is 0.164. The van der Waals surface area contributed by atoms with Crippen molar-refractivity contribution in [2.45, 2.75) is 30.4 Å². The van der Waals surface area contributed by atoms with Crippen LogP contribution in [0, 0.1) is 0 Å². The molecule has 2 amide bonds. The summed E-state index contributed by atoms with van der Waals surface area (Å²) in [7, 11) is 0. The molecule has 0 saturated carbocycles. The van der Waals surface area contributed by atoms with Gasteiger partial charge >= 0.3 is 0 Å². The topological polar surface area (TPSA) is 134 Å². The number of hydrogen-bond acceptors (Lipinski definition) is 7. The van der Waals surface area contributed by atoms with E-state index in [0.717, 1.165) is 23.7 Å². The van der Waals surface area contributed by atoms with Crippen molar-refractivity contribution in [2.75, 3.05) is 18.4 Å². The van der Waals surface area contributed by atoms with Gasteiger partial charge in [-0.25, -0.2) is 4.31 Å². The van der Waals surface area contributed by atoms with Crippen molar-refractivity contribution in [1.82, 2.24) is 9.62 Å². The number of nitrogens with one attached hydrogen (secondary N) is 2. The molecule has 2 aromatic rings. The molecule has 9 heteroatoms. The second-order valence-electron chi connectivity index (χ2n) is 6.86. The maximum Gasteiger partial charge on any atom is 0.237 e. The molecule has 0 saturated heterocycles. The summed E-state index contributed by atoms with van der Waals surface area (Å²) in [5.41, 5.74) is 14.2. The van der Waals surface area contributed by atoms with Gasteiger partial charge in [-0.1, -0.05) is 6.07 Å². The van der Waals surface area contributed by atoms with E-state index in [4.69, 9.17) is 11.5 Å². The Morgan fingerprint density at radius 3 is 2.55 bits per heavy atom. The highest BCUT2D eigenvalue weighted by atomic mass is 32.2. The Morgan fingerprint density at radius 2 is 1.83 bits per heavy atom. The number of nitrogens with two attached hydrogens (primary N) is 2. The second kappa shape index (κ2) is 9.64. The number of aromatic hydroxyl groups is 1. The first-order valence-corrected chi connectivity index (χ1v) is 10.1. The molecule has 1 aliphatic rings. The lowest BCUT2D eigenvalue weighted by Crippen LogP contribution is -2.44. The summed E-state index contributed by atoms with van der Waals surface area (Å²) in [4.78, 5) is 23.6. The number of nitrogens with zero attached hydrogens (tertiary/aromatic N) is 1. The van der Waals surface area contributed by atoms with Crippen LogP contribution in [-0.4, -0.2) is 40.4 Å². The fourth-order valence-corrected chi connectivity index (χ4v) is 3.99. The van der Waals surface area contributed by atoms with Crippen LogP contribution in [-0.2, 0) is 22.7 Å². The van der Waals surface area contributed by atoms with E-state index in [1.165, 1.54) is 11.1 Å². The van der Waals surface area contributed by atoms with Gasteiger partial charge in [0.2, 0.25) is 11.8 Å². The second-order valence-corrected chi connectivity index (χ2v) is 8.03. The number of hydrogen-bond donors (Lipinski definition) is 5. The summed E-state index contributed by atoms with van der Waals surface area (Å²) < 4.78 is 2.27. The minimum atomic E-state index is -0.912. The number of anilines is 1. The average molecular weight is 416 g/mol. The van der Waals surface area contributed by atoms with Crippen molar-refractivity contribution in [3.05, 3.63) is 53.6 Å². The lowest BCUT2D eigenvalue weighted by Gasteiger charge is -2.13. The van der Waals surface area contributed by atoms with E-state index in [1.807, 2.05) is 18.2 Å². The van der Waals surface area contributed by atoms with Crippen molar-refractivity contribution in [3.63, 3.8) is 0 Å². The lowest BCUT2D eigenvalue weighted by atomic mass is 10.1. The third-order valence-electron chi connectivity index (χ3n) is 4.48. The van der Waals surface area contributed by atoms with Crippen molar-refractivity contribution in [3.8, 4) is 5.75 Å². The number of primary amides is 1. The van der Waals surface area contributed by atoms with Crippen LogP contribution < -0.4 is 22.1 Å². The van der Waals surface area contributed by atoms with Crippen LogP contribution in [0.5, 0.6) is 5.75 Å². The Labute approximate surface area is 173 Å². The predicted octanol–water partition coefficient (Wildman–Crippen LogP) is 1.15. The number of carbonyl (C=O) groups excluding carboxylic acids is 2. The van der Waals surface area contributed by atoms with Crippen molar-refractivity contribution < 1.29 is 14.7 Å². The Bertz CT molecular complexity index is 875. The molecule has 29 heavy (non-hydrogen) atoms. The summed E-state index contributed by atoms with van der Waals surface area (Å²) in [6.07, 6.45) is -0.164. The van der Waals surface area contributed by atoms with Crippen molar-refractivity contribution >= 4 is 29.4 Å². The highest BCUT2D eigenvalue weighted by molar-refractivity contribution is 7.97. The molecule has 0 fully saturated rings. The van der Waals surface area contributed by atoms with Crippen LogP contribution in [0.25, 0.3) is 0 Å². The molecule has 0 spiro atoms. The number of rotatable bonds is 9. The van der Waals surface area contributed by atoms with Crippen LogP contribution in [0.1, 0.15) is 17.5 Å². The van der Waals surface area contributed by atoms with Crippen LogP contribution in [0.2, 0.25) is 0 Å². The normalized spacial score (nSPS) is 14.2. The maximum absolute atomic E-state index is 11.8. The summed E-state index contributed by atoms with van der Waals surface area (Å²) >= 11 is 1.66. The zero-order chi connectivity index (χ0) is 20.8. The average Bonchev–Trinajstić information content (AvgIpc) is 3.07. The Kier molecular flexibility index (Phi) is 6.97. The molecule has 7 N–H and O–H groups in total. The van der Waals surface area contributed by atoms with E-state index in [0.29, 0.717) is 13.1 Å². The first-order chi connectivity index (χ1) is 13.9. The van der Waals surface area contributed by atoms with Gasteiger partial charge in [0, 0.05) is 36.8 Å². The number of fused-ring (bicyclic) bond motifs is 1. The summed E-state index contributed by atoms with van der Waals surface area (Å²) in [5, 5.41) is 15.4. The Morgan fingerprint density at radius 1 is 1.10 bits per heavy atom. The van der Waals surface area contributed by atoms with E-state index in [2.05, 4.69) is 27.1 Å². The fraction of sp³-hybridized carbons (Fsp3) is 0.300. The van der Waals surface area contributed by atoms with Crippen LogP contribution in [0.15, 0.2) is 47.4 Å². The largest absolute Gasteiger partial charge is 0.508 e. The molecule has 3 rings (SSSR count). The van der Waals surface area contributed by atoms with Gasteiger partial charge in [0.25, 0.3) is 0 Å². The zero-order valence-corrected chi connectivity index (χ0v) is 16.7. The summed E-state index contributed by atoms with van der Waals surface area (Å²) in [5.74, 6) is -0.719. The third-order valence-corrected chi connectivity index (χ3v) is 5.48. The van der Waals surface area contributed by atoms with Crippen LogP contribution in [0.3, 0.4) is 0 Å². The Balaban J connectivity index is 1.44. The van der Waals surface area contributed by atoms with E-state index in [1.54, 1.807) is 24.1 Å². The number of benzene rings is 2. The van der Waals surface area contributed by atoms with Crippen molar-refractivity contribution in [2.24, 2.45) is 11.5 Å². The van der Waals surface area contributed by atoms with E-state index in [-0.39, 0.29) is 18.1 Å². The molecule has 1 aliphatic heterocycles. The van der Waals surface area contributed by atoms with Gasteiger partial charge < -0.3 is 27.2 Å². The zero-order valence-electron chi connectivity index (χ0n) is 15.9. The van der Waals surface area contributed by atoms with E-state index >= 15 is 0 Å². The van der Waals surface area contributed by atoms with Gasteiger partial charge in [-0.05, 0) is 59.5 Å². The summed E-state index contributed by atoms with van der Waals surface area (Å²) in [6, 6.07) is 12.5. The molecule has 1 atom stereocenters. The third kappa shape index (κ3) is 6.11. The van der Waals surface area contributed by atoms with Gasteiger partial charge in [-0.3, -0.25) is 9.59 Å². The van der Waals surface area contributed by atoms with Crippen LogP contribution >= 0.6 is 11.9 Å². The number of phenols is 1. The predicted molar refractivity (Wildman–Crippen MR) is 113 cm³/mol. The number of amides is 2. The maximum atomic E-state index is 11.8. The first kappa shape index (κ1) is 21.0. The highest BCUT2D eigenvalue weighted by Gasteiger charge is 2.20. The summed E-state index contributed by atoms with van der Waals surface area (Å²) in [6.45, 7) is 2.62. The molecule has 2 aromatic carbocycles. The van der Waals surface area contributed by atoms with E-state index in [9.17, 15) is 14.7 Å². The fourth-order valence-electron chi connectivity index (χ4n) is 3.03. The van der Waals surface area contributed by atoms with Crippen LogP contribution in [0.4, 0.5) is 5.69 Å². The molecule has 1 heterocycles. The quantitative estimate of drug-likeness (QED) is 0.306. The molecule has 1 unspecified atom stereocenters. The molecule has 0 bridgehead atoms. The van der Waals surface area contributed by atoms with E-state index < -0.39 is 11.9 Å². The molecule has 0 aliphatic carbocycles. The standard InChI is InChI=1S/C20H25N5O3S/c21-18(10-19(22)27)20(28)24-8-7-23-15-2-1-13-11-25(12-14(13)9-15)29-17-5-3-16(26)4-6-17/h1-6,9,18,23,26H,7-8,10-12,21H2,(H2,22,27)(H,24,28). The molecular formula is C20H25N5O3S. The number of carbonyl (C=O) groups is 2. The first-order valence-electron chi connectivity index (χ1n) is 9.30. The minimum Gasteiger partial charge on any atom is -0.508 e. The van der Waals surface area contributed by atoms with Gasteiger partial charge in [-0.15, -0.1) is 0 Å². The Hall–Kier alpha value is -2.75. The highest BCUT2D eigenvalue weighted by Crippen LogP contribution is 2.34. The van der Waals surface area contributed by atoms with Gasteiger partial charge in [0.15, 0.2) is 0 Å². The van der Waals surface area contributed by atoms with Crippen molar-refractivity contribution in [1.29, 1.82) is 0 Å². The molecule has 0 aromatic heterocycles. The SMILES string of the molecule is NC(=O)CC(N)C(=O)NCCNc1ccc2c(c1)CN(Sc1ccc(O)cc1)C2. The lowest BCUT2D eigenvalue weighted by molar-refractivity contribution is -0.126. The molecule has 8 nitrogen and oxygen atoms in total. The van der Waals surface area contributed by atoms with Gasteiger partial charge in [0.05, 0.1) is 12.5 Å². The smallest absolute Gasteiger partial charge is 0.237 e. The monoisotopic (exact) mass is 415 g/mol. The number of phenolic OH excluding ortho intramolecular Hbond substituents is 1. The molecule has 0 radical (unpaired) electrons.